The van der Waals surface area contributed by atoms with Crippen LogP contribution in [0.2, 0.25) is 5.02 Å². The first-order valence-corrected chi connectivity index (χ1v) is 10.9. The highest BCUT2D eigenvalue weighted by Gasteiger charge is 2.26. The zero-order valence-corrected chi connectivity index (χ0v) is 17.9. The number of halogens is 2. The Balaban J connectivity index is 1.56. The largest absolute Gasteiger partial charge is 0.393 e. The minimum Gasteiger partial charge on any atom is -0.393 e. The van der Waals surface area contributed by atoms with Crippen molar-refractivity contribution in [3.8, 4) is 0 Å². The molecule has 1 aliphatic carbocycles. The quantitative estimate of drug-likeness (QED) is 0.366. The normalized spacial score (nSPS) is 18.6. The van der Waals surface area contributed by atoms with Crippen LogP contribution in [0.3, 0.4) is 0 Å². The van der Waals surface area contributed by atoms with Crippen LogP contribution in [-0.4, -0.2) is 30.7 Å². The van der Waals surface area contributed by atoms with Gasteiger partial charge < -0.3 is 15.7 Å². The van der Waals surface area contributed by atoms with E-state index in [1.807, 2.05) is 16.7 Å². The number of rotatable bonds is 5. The number of fused-ring (bicyclic) bond motifs is 1. The molecule has 0 saturated heterocycles. The molecule has 9 heteroatoms. The highest BCUT2D eigenvalue weighted by molar-refractivity contribution is 6.30. The first-order valence-electron chi connectivity index (χ1n) is 10.5. The van der Waals surface area contributed by atoms with Crippen LogP contribution in [0.1, 0.15) is 31.7 Å². The van der Waals surface area contributed by atoms with E-state index in [-0.39, 0.29) is 18.0 Å². The van der Waals surface area contributed by atoms with Crippen LogP contribution in [-0.2, 0) is 0 Å². The molecular formula is C23H22ClFN6O. The van der Waals surface area contributed by atoms with Gasteiger partial charge in [0.2, 0.25) is 11.9 Å². The molecule has 2 aromatic heterocycles. The number of hydrogen-bond donors (Lipinski definition) is 3. The van der Waals surface area contributed by atoms with Gasteiger partial charge in [-0.25, -0.2) is 14.4 Å². The number of aromatic nitrogens is 4. The summed E-state index contributed by atoms with van der Waals surface area (Å²) in [5.41, 5.74) is 2.36. The van der Waals surface area contributed by atoms with Gasteiger partial charge in [0.05, 0.1) is 18.0 Å². The van der Waals surface area contributed by atoms with Crippen LogP contribution in [0, 0.1) is 5.82 Å². The molecule has 32 heavy (non-hydrogen) atoms. The summed E-state index contributed by atoms with van der Waals surface area (Å²) in [5, 5.41) is 16.9. The molecule has 3 N–H and O–H groups in total. The number of aliphatic hydroxyl groups excluding tert-OH is 1. The van der Waals surface area contributed by atoms with Crippen LogP contribution < -0.4 is 10.6 Å². The van der Waals surface area contributed by atoms with Crippen molar-refractivity contribution in [2.24, 2.45) is 0 Å². The molecule has 1 saturated carbocycles. The van der Waals surface area contributed by atoms with Crippen molar-refractivity contribution < 1.29 is 9.50 Å². The van der Waals surface area contributed by atoms with Crippen molar-refractivity contribution >= 4 is 46.0 Å². The Morgan fingerprint density at radius 2 is 1.81 bits per heavy atom. The molecule has 5 rings (SSSR count). The molecule has 0 atom stereocenters. The summed E-state index contributed by atoms with van der Waals surface area (Å²) in [4.78, 5) is 13.8. The highest BCUT2D eigenvalue weighted by atomic mass is 35.5. The van der Waals surface area contributed by atoms with E-state index in [2.05, 4.69) is 20.6 Å². The van der Waals surface area contributed by atoms with Crippen molar-refractivity contribution in [2.75, 3.05) is 10.6 Å². The van der Waals surface area contributed by atoms with Gasteiger partial charge in [-0.1, -0.05) is 29.8 Å². The summed E-state index contributed by atoms with van der Waals surface area (Å²) >= 11 is 6.08. The second-order valence-electron chi connectivity index (χ2n) is 7.91. The zero-order valence-electron chi connectivity index (χ0n) is 17.2. The lowest BCUT2D eigenvalue weighted by molar-refractivity contribution is 0.112. The number of nitrogens with zero attached hydrogens (tertiary/aromatic N) is 4. The molecular weight excluding hydrogens is 431 g/mol. The predicted molar refractivity (Wildman–Crippen MR) is 123 cm³/mol. The molecule has 2 heterocycles. The third-order valence-electron chi connectivity index (χ3n) is 5.67. The fourth-order valence-electron chi connectivity index (χ4n) is 4.08. The van der Waals surface area contributed by atoms with Gasteiger partial charge in [0.15, 0.2) is 5.65 Å². The van der Waals surface area contributed by atoms with E-state index in [0.29, 0.717) is 46.6 Å². The van der Waals surface area contributed by atoms with Gasteiger partial charge in [0.25, 0.3) is 0 Å². The number of benzene rings is 2. The number of nitrogens with one attached hydrogen (secondary N) is 2. The zero-order chi connectivity index (χ0) is 22.1. The smallest absolute Gasteiger partial charge is 0.229 e. The molecule has 0 aliphatic heterocycles. The third-order valence-corrected chi connectivity index (χ3v) is 5.90. The number of anilines is 4. The van der Waals surface area contributed by atoms with E-state index in [0.717, 1.165) is 18.5 Å². The maximum Gasteiger partial charge on any atom is 0.229 e. The minimum absolute atomic E-state index is 0.0755. The molecule has 0 amide bonds. The topological polar surface area (TPSA) is 87.9 Å². The second-order valence-corrected chi connectivity index (χ2v) is 8.35. The number of imidazole rings is 1. The van der Waals surface area contributed by atoms with E-state index in [1.54, 1.807) is 36.5 Å². The molecule has 1 fully saturated rings. The molecule has 0 spiro atoms. The Hall–Kier alpha value is -3.23. The molecule has 2 aromatic carbocycles. The van der Waals surface area contributed by atoms with Crippen LogP contribution in [0.5, 0.6) is 0 Å². The van der Waals surface area contributed by atoms with Gasteiger partial charge in [-0.05, 0) is 56.0 Å². The molecule has 0 radical (unpaired) electrons. The maximum atomic E-state index is 14.3. The summed E-state index contributed by atoms with van der Waals surface area (Å²) in [6.45, 7) is 0. The Morgan fingerprint density at radius 1 is 1.00 bits per heavy atom. The van der Waals surface area contributed by atoms with E-state index in [1.165, 1.54) is 6.07 Å². The molecule has 164 valence electrons. The summed E-state index contributed by atoms with van der Waals surface area (Å²) in [7, 11) is 0. The van der Waals surface area contributed by atoms with Gasteiger partial charge in [0, 0.05) is 16.8 Å². The minimum atomic E-state index is -0.362. The summed E-state index contributed by atoms with van der Waals surface area (Å²) in [5.74, 6) is 0.550. The lowest BCUT2D eigenvalue weighted by Gasteiger charge is -2.28. The second kappa shape index (κ2) is 8.72. The number of aliphatic hydroxyl groups is 1. The third kappa shape index (κ3) is 4.24. The lowest BCUT2D eigenvalue weighted by atomic mass is 9.93. The van der Waals surface area contributed by atoms with Gasteiger partial charge in [0.1, 0.15) is 11.3 Å². The number of hydrogen-bond acceptors (Lipinski definition) is 6. The van der Waals surface area contributed by atoms with E-state index >= 15 is 0 Å². The van der Waals surface area contributed by atoms with Crippen molar-refractivity contribution in [1.82, 2.24) is 19.5 Å². The number of para-hydroxylation sites is 1. The van der Waals surface area contributed by atoms with Crippen molar-refractivity contribution in [2.45, 2.75) is 37.8 Å². The molecule has 7 nitrogen and oxygen atoms in total. The Morgan fingerprint density at radius 3 is 2.59 bits per heavy atom. The van der Waals surface area contributed by atoms with E-state index in [9.17, 15) is 9.50 Å². The fraction of sp³-hybridized carbons (Fsp3) is 0.261. The van der Waals surface area contributed by atoms with Crippen LogP contribution in [0.15, 0.2) is 54.7 Å². The summed E-state index contributed by atoms with van der Waals surface area (Å²) in [6.07, 6.45) is 4.30. The monoisotopic (exact) mass is 452 g/mol. The highest BCUT2D eigenvalue weighted by Crippen LogP contribution is 2.35. The van der Waals surface area contributed by atoms with Crippen LogP contribution in [0.25, 0.3) is 11.2 Å². The molecule has 0 bridgehead atoms. The maximum absolute atomic E-state index is 14.3. The summed E-state index contributed by atoms with van der Waals surface area (Å²) < 4.78 is 16.3. The molecule has 0 unspecified atom stereocenters. The van der Waals surface area contributed by atoms with Gasteiger partial charge in [-0.3, -0.25) is 4.57 Å². The molecule has 4 aromatic rings. The summed E-state index contributed by atoms with van der Waals surface area (Å²) in [6, 6.07) is 13.9. The van der Waals surface area contributed by atoms with E-state index in [4.69, 9.17) is 16.6 Å². The van der Waals surface area contributed by atoms with Crippen molar-refractivity contribution in [1.29, 1.82) is 0 Å². The van der Waals surface area contributed by atoms with Gasteiger partial charge >= 0.3 is 0 Å². The Bertz CT molecular complexity index is 1250. The molecule has 1 aliphatic rings. The average molecular weight is 453 g/mol. The van der Waals surface area contributed by atoms with E-state index < -0.39 is 0 Å². The SMILES string of the molecule is O[C@H]1CC[C@H](n2c(Nc3ccccc3F)nc3cnc(Nc4cccc(Cl)c4)nc32)CC1. The average Bonchev–Trinajstić information content (AvgIpc) is 3.13. The van der Waals surface area contributed by atoms with Crippen LogP contribution in [0.4, 0.5) is 27.7 Å². The Kier molecular flexibility index (Phi) is 5.63. The van der Waals surface area contributed by atoms with Gasteiger partial charge in [-0.15, -0.1) is 0 Å². The standard InChI is InChI=1S/C23H22ClFN6O/c24-14-4-3-5-15(12-14)27-22-26-13-20-21(30-22)31(16-8-10-17(32)11-9-16)23(29-20)28-19-7-2-1-6-18(19)25/h1-7,12-13,16-17,32H,8-11H2,(H,28,29)(H,26,27,30)/t16-,17-. The first-order chi connectivity index (χ1) is 15.6. The predicted octanol–water partition coefficient (Wildman–Crippen LogP) is 5.58. The Labute approximate surface area is 189 Å². The van der Waals surface area contributed by atoms with Gasteiger partial charge in [-0.2, -0.15) is 4.98 Å². The van der Waals surface area contributed by atoms with Crippen molar-refractivity contribution in [3.05, 3.63) is 65.6 Å². The fourth-order valence-corrected chi connectivity index (χ4v) is 4.27. The van der Waals surface area contributed by atoms with Crippen LogP contribution >= 0.6 is 11.6 Å². The van der Waals surface area contributed by atoms with Crippen molar-refractivity contribution in [3.63, 3.8) is 0 Å². The first kappa shape index (κ1) is 20.7. The lowest BCUT2D eigenvalue weighted by Crippen LogP contribution is -2.22.